The lowest BCUT2D eigenvalue weighted by atomic mass is 10.1. The molecular formula is C27H27N3O4S. The number of benzene rings is 3. The van der Waals surface area contributed by atoms with Crippen LogP contribution in [0.5, 0.6) is 5.75 Å². The number of hydrogen-bond acceptors (Lipinski definition) is 5. The number of rotatable bonds is 7. The van der Waals surface area contributed by atoms with Crippen molar-refractivity contribution in [2.24, 2.45) is 5.10 Å². The van der Waals surface area contributed by atoms with Gasteiger partial charge in [-0.15, -0.1) is 0 Å². The van der Waals surface area contributed by atoms with Crippen LogP contribution in [0.2, 0.25) is 0 Å². The molecule has 0 spiro atoms. The van der Waals surface area contributed by atoms with Crippen LogP contribution in [0.15, 0.2) is 82.9 Å². The summed E-state index contributed by atoms with van der Waals surface area (Å²) in [4.78, 5) is 12.7. The van der Waals surface area contributed by atoms with E-state index in [2.05, 4.69) is 10.5 Å². The van der Waals surface area contributed by atoms with E-state index in [1.54, 1.807) is 56.6 Å². The maximum absolute atomic E-state index is 13.5. The number of carbonyl (C=O) groups is 1. The van der Waals surface area contributed by atoms with Crippen LogP contribution >= 0.6 is 0 Å². The van der Waals surface area contributed by atoms with Crippen LogP contribution in [-0.4, -0.2) is 31.1 Å². The molecule has 1 amide bonds. The van der Waals surface area contributed by atoms with Gasteiger partial charge in [0.25, 0.3) is 15.9 Å². The van der Waals surface area contributed by atoms with Gasteiger partial charge >= 0.3 is 0 Å². The average Bonchev–Trinajstić information content (AvgIpc) is 3.26. The molecule has 0 fully saturated rings. The molecule has 0 aliphatic carbocycles. The Kier molecular flexibility index (Phi) is 6.75. The minimum Gasteiger partial charge on any atom is -0.497 e. The predicted molar refractivity (Wildman–Crippen MR) is 138 cm³/mol. The topological polar surface area (TPSA) is 89.8 Å². The average molecular weight is 490 g/mol. The first-order valence-electron chi connectivity index (χ1n) is 11.2. The summed E-state index contributed by atoms with van der Waals surface area (Å²) in [6.07, 6.45) is 2.39. The van der Waals surface area contributed by atoms with E-state index in [0.717, 1.165) is 22.9 Å². The molecule has 1 heterocycles. The number of fused-ring (bicyclic) bond motifs is 1. The van der Waals surface area contributed by atoms with E-state index in [0.29, 0.717) is 28.1 Å². The number of methoxy groups -OCH3 is 1. The van der Waals surface area contributed by atoms with Crippen molar-refractivity contribution < 1.29 is 17.9 Å². The van der Waals surface area contributed by atoms with E-state index in [1.807, 2.05) is 44.2 Å². The van der Waals surface area contributed by atoms with Crippen LogP contribution in [0.4, 0.5) is 0 Å². The maximum Gasteiger partial charge on any atom is 0.271 e. The lowest BCUT2D eigenvalue weighted by Crippen LogP contribution is -2.19. The van der Waals surface area contributed by atoms with Gasteiger partial charge in [0.2, 0.25) is 0 Å². The minimum absolute atomic E-state index is 0.210. The molecule has 0 atom stereocenters. The first kappa shape index (κ1) is 24.2. The van der Waals surface area contributed by atoms with Crippen LogP contribution in [0.1, 0.15) is 40.9 Å². The second-order valence-corrected chi connectivity index (χ2v) is 10.0. The van der Waals surface area contributed by atoms with E-state index >= 15 is 0 Å². The predicted octanol–water partition coefficient (Wildman–Crippen LogP) is 4.91. The Bertz CT molecular complexity index is 1520. The zero-order valence-electron chi connectivity index (χ0n) is 20.1. The number of amides is 1. The quantitative estimate of drug-likeness (QED) is 0.295. The van der Waals surface area contributed by atoms with Gasteiger partial charge in [0.15, 0.2) is 0 Å². The Morgan fingerprint density at radius 2 is 1.71 bits per heavy atom. The first-order valence-corrected chi connectivity index (χ1v) is 12.6. The molecule has 0 saturated heterocycles. The van der Waals surface area contributed by atoms with Crippen molar-refractivity contribution in [2.75, 3.05) is 7.11 Å². The number of aryl methyl sites for hydroxylation is 2. The third kappa shape index (κ3) is 4.83. The van der Waals surface area contributed by atoms with Crippen LogP contribution in [0.3, 0.4) is 0 Å². The van der Waals surface area contributed by atoms with Crippen molar-refractivity contribution >= 4 is 32.5 Å². The molecule has 0 aliphatic rings. The zero-order valence-corrected chi connectivity index (χ0v) is 20.9. The molecule has 8 heteroatoms. The summed E-state index contributed by atoms with van der Waals surface area (Å²) in [5.41, 5.74) is 6.63. The molecular weight excluding hydrogens is 462 g/mol. The van der Waals surface area contributed by atoms with E-state index in [-0.39, 0.29) is 10.8 Å². The van der Waals surface area contributed by atoms with Crippen molar-refractivity contribution in [1.29, 1.82) is 0 Å². The lowest BCUT2D eigenvalue weighted by molar-refractivity contribution is 0.0955. The molecule has 1 N–H and O–H groups in total. The Morgan fingerprint density at radius 3 is 2.34 bits per heavy atom. The molecule has 3 aromatic carbocycles. The SMILES string of the molecule is CCc1ccc(S(=O)(=O)n2cc(/C(C)=N/NC(=O)c3ccc(OC)cc3)c3ccc(C)cc32)cc1. The van der Waals surface area contributed by atoms with E-state index in [9.17, 15) is 13.2 Å². The lowest BCUT2D eigenvalue weighted by Gasteiger charge is -2.08. The van der Waals surface area contributed by atoms with Gasteiger partial charge in [-0.25, -0.2) is 17.8 Å². The summed E-state index contributed by atoms with van der Waals surface area (Å²) in [6, 6.07) is 19.2. The second kappa shape index (κ2) is 9.76. The van der Waals surface area contributed by atoms with Gasteiger partial charge < -0.3 is 4.74 Å². The number of nitrogens with one attached hydrogen (secondary N) is 1. The fourth-order valence-corrected chi connectivity index (χ4v) is 5.17. The highest BCUT2D eigenvalue weighted by Crippen LogP contribution is 2.28. The standard InChI is InChI=1S/C27H27N3O4S/c1-5-20-7-13-23(14-8-20)35(32,33)30-17-25(24-15-6-18(2)16-26(24)30)19(3)28-29-27(31)21-9-11-22(34-4)12-10-21/h6-17H,5H2,1-4H3,(H,29,31)/b28-19+. The van der Waals surface area contributed by atoms with Crippen LogP contribution in [0.25, 0.3) is 10.9 Å². The molecule has 1 aromatic heterocycles. The highest BCUT2D eigenvalue weighted by Gasteiger charge is 2.22. The minimum atomic E-state index is -3.84. The molecule has 0 unspecified atom stereocenters. The number of carbonyl (C=O) groups excluding carboxylic acids is 1. The van der Waals surface area contributed by atoms with Crippen molar-refractivity contribution in [3.05, 3.63) is 95.2 Å². The van der Waals surface area contributed by atoms with Crippen molar-refractivity contribution in [1.82, 2.24) is 9.40 Å². The molecule has 180 valence electrons. The monoisotopic (exact) mass is 489 g/mol. The van der Waals surface area contributed by atoms with Crippen molar-refractivity contribution in [3.8, 4) is 5.75 Å². The van der Waals surface area contributed by atoms with Gasteiger partial charge in [-0.1, -0.05) is 31.2 Å². The highest BCUT2D eigenvalue weighted by molar-refractivity contribution is 7.90. The number of aromatic nitrogens is 1. The molecule has 4 rings (SSSR count). The Morgan fingerprint density at radius 1 is 1.03 bits per heavy atom. The number of ether oxygens (including phenoxy) is 1. The summed E-state index contributed by atoms with van der Waals surface area (Å²) < 4.78 is 33.5. The van der Waals surface area contributed by atoms with Crippen molar-refractivity contribution in [2.45, 2.75) is 32.1 Å². The summed E-state index contributed by atoms with van der Waals surface area (Å²) in [5.74, 6) is 0.269. The summed E-state index contributed by atoms with van der Waals surface area (Å²) in [6.45, 7) is 5.67. The van der Waals surface area contributed by atoms with Gasteiger partial charge in [0.1, 0.15) is 5.75 Å². The summed E-state index contributed by atoms with van der Waals surface area (Å²) >= 11 is 0. The normalized spacial score (nSPS) is 12.1. The fourth-order valence-electron chi connectivity index (χ4n) is 3.81. The van der Waals surface area contributed by atoms with E-state index < -0.39 is 10.0 Å². The largest absolute Gasteiger partial charge is 0.497 e. The molecule has 35 heavy (non-hydrogen) atoms. The number of nitrogens with zero attached hydrogens (tertiary/aromatic N) is 2. The van der Waals surface area contributed by atoms with Gasteiger partial charge in [-0.2, -0.15) is 5.10 Å². The fraction of sp³-hybridized carbons (Fsp3) is 0.185. The van der Waals surface area contributed by atoms with Crippen molar-refractivity contribution in [3.63, 3.8) is 0 Å². The van der Waals surface area contributed by atoms with Gasteiger partial charge in [-0.05, 0) is 73.9 Å². The van der Waals surface area contributed by atoms with Crippen LogP contribution in [-0.2, 0) is 16.4 Å². The number of hydrazone groups is 1. The highest BCUT2D eigenvalue weighted by atomic mass is 32.2. The molecule has 0 saturated carbocycles. The molecule has 0 bridgehead atoms. The Labute approximate surface area is 205 Å². The first-order chi connectivity index (χ1) is 16.7. The van der Waals surface area contributed by atoms with Gasteiger partial charge in [0, 0.05) is 22.7 Å². The zero-order chi connectivity index (χ0) is 25.2. The van der Waals surface area contributed by atoms with E-state index in [1.165, 1.54) is 3.97 Å². The van der Waals surface area contributed by atoms with E-state index in [4.69, 9.17) is 4.74 Å². The third-order valence-corrected chi connectivity index (χ3v) is 7.57. The Balaban J connectivity index is 1.72. The third-order valence-electron chi connectivity index (χ3n) is 5.88. The maximum atomic E-state index is 13.5. The summed E-state index contributed by atoms with van der Waals surface area (Å²) in [7, 11) is -2.28. The summed E-state index contributed by atoms with van der Waals surface area (Å²) in [5, 5.41) is 4.98. The molecule has 0 aliphatic heterocycles. The van der Waals surface area contributed by atoms with Gasteiger partial charge in [-0.3, -0.25) is 4.79 Å². The van der Waals surface area contributed by atoms with Crippen LogP contribution < -0.4 is 10.2 Å². The second-order valence-electron chi connectivity index (χ2n) is 8.23. The Hall–Kier alpha value is -3.91. The van der Waals surface area contributed by atoms with Crippen LogP contribution in [0, 0.1) is 6.92 Å². The number of hydrogen-bond donors (Lipinski definition) is 1. The molecule has 0 radical (unpaired) electrons. The molecule has 4 aromatic rings. The van der Waals surface area contributed by atoms with Gasteiger partial charge in [0.05, 0.1) is 23.2 Å². The smallest absolute Gasteiger partial charge is 0.271 e. The molecule has 7 nitrogen and oxygen atoms in total.